The van der Waals surface area contributed by atoms with E-state index in [1.807, 2.05) is 36.4 Å². The molecule has 22 heavy (non-hydrogen) atoms. The van der Waals surface area contributed by atoms with Crippen LogP contribution in [0.2, 0.25) is 0 Å². The van der Waals surface area contributed by atoms with Crippen LogP contribution in [-0.2, 0) is 10.0 Å². The lowest BCUT2D eigenvalue weighted by Crippen LogP contribution is -2.28. The van der Waals surface area contributed by atoms with Crippen LogP contribution in [0, 0.1) is 11.5 Å². The van der Waals surface area contributed by atoms with Gasteiger partial charge in [-0.1, -0.05) is 24.3 Å². The molecule has 0 radical (unpaired) electrons. The Morgan fingerprint density at radius 2 is 1.86 bits per heavy atom. The number of sulfonamides is 1. The van der Waals surface area contributed by atoms with Gasteiger partial charge in [0.25, 0.3) is 10.0 Å². The largest absolute Gasteiger partial charge is 0.377 e. The molecule has 0 saturated carbocycles. The summed E-state index contributed by atoms with van der Waals surface area (Å²) in [4.78, 5) is 1.93. The van der Waals surface area contributed by atoms with Gasteiger partial charge < -0.3 is 10.6 Å². The number of nitriles is 1. The van der Waals surface area contributed by atoms with E-state index in [1.54, 1.807) is 18.2 Å². The zero-order valence-electron chi connectivity index (χ0n) is 12.1. The quantitative estimate of drug-likeness (QED) is 0.378. The molecule has 2 aromatic carbocycles. The molecule has 0 spiro atoms. The SMILES string of the molecule is CN(C)c1cccc2c(S(=O)(=O)/N=C(\N)NC#N)cccc12. The summed E-state index contributed by atoms with van der Waals surface area (Å²) in [5.74, 6) is -0.469. The maximum atomic E-state index is 12.4. The third-order valence-corrected chi connectivity index (χ3v) is 4.37. The highest BCUT2D eigenvalue weighted by molar-refractivity contribution is 7.90. The first kappa shape index (κ1) is 15.6. The lowest BCUT2D eigenvalue weighted by atomic mass is 10.1. The van der Waals surface area contributed by atoms with Crippen LogP contribution in [0.5, 0.6) is 0 Å². The topological polar surface area (TPSA) is 112 Å². The van der Waals surface area contributed by atoms with E-state index in [1.165, 1.54) is 12.3 Å². The maximum absolute atomic E-state index is 12.4. The molecular weight excluding hydrogens is 302 g/mol. The molecule has 0 amide bonds. The fourth-order valence-corrected chi connectivity index (χ4v) is 3.25. The number of guanidine groups is 1. The van der Waals surface area contributed by atoms with Crippen LogP contribution in [0.3, 0.4) is 0 Å². The predicted molar refractivity (Wildman–Crippen MR) is 85.8 cm³/mol. The first-order valence-electron chi connectivity index (χ1n) is 6.31. The molecule has 0 heterocycles. The van der Waals surface area contributed by atoms with E-state index in [-0.39, 0.29) is 4.90 Å². The Morgan fingerprint density at radius 3 is 2.50 bits per heavy atom. The van der Waals surface area contributed by atoms with Crippen molar-refractivity contribution >= 4 is 32.4 Å². The van der Waals surface area contributed by atoms with Crippen molar-refractivity contribution in [3.63, 3.8) is 0 Å². The molecule has 2 rings (SSSR count). The van der Waals surface area contributed by atoms with Crippen molar-refractivity contribution in [2.24, 2.45) is 10.1 Å². The lowest BCUT2D eigenvalue weighted by molar-refractivity contribution is 0.598. The molecule has 2 aromatic rings. The number of rotatable bonds is 3. The van der Waals surface area contributed by atoms with Crippen LogP contribution in [-0.4, -0.2) is 28.5 Å². The number of anilines is 1. The van der Waals surface area contributed by atoms with Crippen LogP contribution in [0.1, 0.15) is 0 Å². The summed E-state index contributed by atoms with van der Waals surface area (Å²) in [6.45, 7) is 0. The number of nitrogens with two attached hydrogens (primary N) is 1. The van der Waals surface area contributed by atoms with Gasteiger partial charge in [-0.2, -0.15) is 13.7 Å². The van der Waals surface area contributed by atoms with Gasteiger partial charge >= 0.3 is 0 Å². The Balaban J connectivity index is 2.70. The molecule has 3 N–H and O–H groups in total. The molecule has 114 valence electrons. The average molecular weight is 317 g/mol. The van der Waals surface area contributed by atoms with Crippen molar-refractivity contribution in [1.29, 1.82) is 5.26 Å². The molecule has 7 nitrogen and oxygen atoms in total. The summed E-state index contributed by atoms with van der Waals surface area (Å²) in [6, 6.07) is 10.3. The van der Waals surface area contributed by atoms with Gasteiger partial charge in [-0.25, -0.2) is 0 Å². The molecule has 0 aliphatic carbocycles. The minimum absolute atomic E-state index is 0.0383. The average Bonchev–Trinajstić information content (AvgIpc) is 2.45. The minimum atomic E-state index is -4.02. The lowest BCUT2D eigenvalue weighted by Gasteiger charge is -2.16. The van der Waals surface area contributed by atoms with Crippen molar-refractivity contribution in [2.45, 2.75) is 4.90 Å². The summed E-state index contributed by atoms with van der Waals surface area (Å²) in [7, 11) is -0.264. The Hall–Kier alpha value is -2.79. The molecule has 0 unspecified atom stereocenters. The van der Waals surface area contributed by atoms with Gasteiger partial charge in [0.1, 0.15) is 0 Å². The zero-order valence-corrected chi connectivity index (χ0v) is 12.9. The molecule has 0 aliphatic rings. The molecular formula is C14H15N5O2S. The van der Waals surface area contributed by atoms with Gasteiger partial charge in [0.15, 0.2) is 6.19 Å². The summed E-state index contributed by atoms with van der Waals surface area (Å²) < 4.78 is 28.2. The van der Waals surface area contributed by atoms with Crippen LogP contribution in [0.4, 0.5) is 5.69 Å². The molecule has 0 saturated heterocycles. The molecule has 0 aromatic heterocycles. The molecule has 8 heteroatoms. The number of hydrogen-bond donors (Lipinski definition) is 2. The summed E-state index contributed by atoms with van der Waals surface area (Å²) in [6.07, 6.45) is 1.53. The van der Waals surface area contributed by atoms with Gasteiger partial charge in [-0.05, 0) is 12.1 Å². The van der Waals surface area contributed by atoms with E-state index < -0.39 is 16.0 Å². The van der Waals surface area contributed by atoms with Crippen LogP contribution >= 0.6 is 0 Å². The maximum Gasteiger partial charge on any atom is 0.286 e. The third-order valence-electron chi connectivity index (χ3n) is 3.02. The standard InChI is InChI=1S/C14H15N5O2S/c1-19(2)12-7-3-6-11-10(12)5-4-8-13(11)22(20,21)18-14(16)17-9-15/h3-8H,1-2H3,(H3,16,17,18). The van der Waals surface area contributed by atoms with Gasteiger partial charge in [0.2, 0.25) is 5.96 Å². The molecule has 0 aliphatic heterocycles. The predicted octanol–water partition coefficient (Wildman–Crippen LogP) is 0.980. The van der Waals surface area contributed by atoms with Crippen molar-refractivity contribution in [3.05, 3.63) is 36.4 Å². The van der Waals surface area contributed by atoms with Crippen molar-refractivity contribution in [2.75, 3.05) is 19.0 Å². The highest BCUT2D eigenvalue weighted by Crippen LogP contribution is 2.30. The van der Waals surface area contributed by atoms with Gasteiger partial charge in [0, 0.05) is 30.6 Å². The second-order valence-corrected chi connectivity index (χ2v) is 6.28. The van der Waals surface area contributed by atoms with E-state index in [4.69, 9.17) is 11.0 Å². The van der Waals surface area contributed by atoms with Crippen molar-refractivity contribution in [3.8, 4) is 6.19 Å². The Labute approximate surface area is 128 Å². The monoisotopic (exact) mass is 317 g/mol. The number of fused-ring (bicyclic) bond motifs is 1. The van der Waals surface area contributed by atoms with E-state index in [9.17, 15) is 8.42 Å². The van der Waals surface area contributed by atoms with Gasteiger partial charge in [-0.3, -0.25) is 5.32 Å². The van der Waals surface area contributed by atoms with Crippen molar-refractivity contribution in [1.82, 2.24) is 5.32 Å². The first-order valence-corrected chi connectivity index (χ1v) is 7.75. The minimum Gasteiger partial charge on any atom is -0.377 e. The van der Waals surface area contributed by atoms with Gasteiger partial charge in [0.05, 0.1) is 4.90 Å². The third kappa shape index (κ3) is 2.94. The molecule has 0 atom stereocenters. The van der Waals surface area contributed by atoms with E-state index in [0.717, 1.165) is 11.1 Å². The number of nitrogens with one attached hydrogen (secondary N) is 1. The summed E-state index contributed by atoms with van der Waals surface area (Å²) in [5, 5.41) is 11.8. The Morgan fingerprint density at radius 1 is 1.23 bits per heavy atom. The summed E-state index contributed by atoms with van der Waals surface area (Å²) >= 11 is 0. The summed E-state index contributed by atoms with van der Waals surface area (Å²) in [5.41, 5.74) is 6.25. The second kappa shape index (κ2) is 5.91. The molecule has 0 bridgehead atoms. The van der Waals surface area contributed by atoms with Crippen LogP contribution < -0.4 is 16.0 Å². The van der Waals surface area contributed by atoms with Crippen LogP contribution in [0.25, 0.3) is 10.8 Å². The number of nitrogens with zero attached hydrogens (tertiary/aromatic N) is 3. The fourth-order valence-electron chi connectivity index (χ4n) is 2.14. The number of hydrogen-bond acceptors (Lipinski definition) is 4. The zero-order chi connectivity index (χ0) is 16.3. The van der Waals surface area contributed by atoms with Crippen molar-refractivity contribution < 1.29 is 8.42 Å². The first-order chi connectivity index (χ1) is 10.4. The van der Waals surface area contributed by atoms with Gasteiger partial charge in [-0.15, -0.1) is 4.40 Å². The fraction of sp³-hybridized carbons (Fsp3) is 0.143. The Kier molecular flexibility index (Phi) is 4.19. The molecule has 0 fully saturated rings. The van der Waals surface area contributed by atoms with Crippen LogP contribution in [0.15, 0.2) is 45.7 Å². The van der Waals surface area contributed by atoms with E-state index in [0.29, 0.717) is 5.39 Å². The highest BCUT2D eigenvalue weighted by atomic mass is 32.2. The van der Waals surface area contributed by atoms with E-state index in [2.05, 4.69) is 4.40 Å². The van der Waals surface area contributed by atoms with E-state index >= 15 is 0 Å². The highest BCUT2D eigenvalue weighted by Gasteiger charge is 2.18. The Bertz CT molecular complexity index is 882. The number of benzene rings is 2. The normalized spacial score (nSPS) is 12.0. The smallest absolute Gasteiger partial charge is 0.286 e. The second-order valence-electron chi connectivity index (χ2n) is 4.71.